The molecule has 0 radical (unpaired) electrons. The maximum absolute atomic E-state index is 12.4. The SMILES string of the molecule is C[C@@H](Sc1ncnc2sc3c(c12)CCC3)C(=O)NCc1cccs1. The van der Waals surface area contributed by atoms with Gasteiger partial charge in [0.25, 0.3) is 0 Å². The van der Waals surface area contributed by atoms with E-state index >= 15 is 0 Å². The number of rotatable bonds is 5. The van der Waals surface area contributed by atoms with Crippen LogP contribution >= 0.6 is 34.4 Å². The molecule has 1 N–H and O–H groups in total. The number of fused-ring (bicyclic) bond motifs is 3. The molecular formula is C17H17N3OS3. The first-order valence-electron chi connectivity index (χ1n) is 7.94. The van der Waals surface area contributed by atoms with E-state index in [4.69, 9.17) is 0 Å². The molecule has 0 unspecified atom stereocenters. The minimum atomic E-state index is -0.181. The molecule has 1 amide bonds. The van der Waals surface area contributed by atoms with Gasteiger partial charge in [0, 0.05) is 15.1 Å². The zero-order chi connectivity index (χ0) is 16.5. The van der Waals surface area contributed by atoms with Gasteiger partial charge in [-0.25, -0.2) is 9.97 Å². The molecular weight excluding hydrogens is 358 g/mol. The first-order chi connectivity index (χ1) is 11.7. The summed E-state index contributed by atoms with van der Waals surface area (Å²) < 4.78 is 0. The van der Waals surface area contributed by atoms with Crippen molar-refractivity contribution >= 4 is 50.6 Å². The van der Waals surface area contributed by atoms with Crippen LogP contribution in [-0.4, -0.2) is 21.1 Å². The summed E-state index contributed by atoms with van der Waals surface area (Å²) in [5, 5.41) is 6.97. The number of thioether (sulfide) groups is 1. The molecule has 4 rings (SSSR count). The summed E-state index contributed by atoms with van der Waals surface area (Å²) >= 11 is 4.97. The molecule has 24 heavy (non-hydrogen) atoms. The third kappa shape index (κ3) is 3.08. The van der Waals surface area contributed by atoms with Crippen LogP contribution in [0.1, 0.15) is 28.7 Å². The van der Waals surface area contributed by atoms with Crippen LogP contribution in [0.25, 0.3) is 10.2 Å². The summed E-state index contributed by atoms with van der Waals surface area (Å²) in [6.45, 7) is 2.53. The number of amides is 1. The van der Waals surface area contributed by atoms with Crippen LogP contribution < -0.4 is 5.32 Å². The molecule has 0 aliphatic heterocycles. The number of hydrogen-bond donors (Lipinski definition) is 1. The number of nitrogens with one attached hydrogen (secondary N) is 1. The van der Waals surface area contributed by atoms with Crippen LogP contribution in [-0.2, 0) is 24.2 Å². The second-order valence-corrected chi connectivity index (χ2v) is 9.22. The molecule has 7 heteroatoms. The van der Waals surface area contributed by atoms with Gasteiger partial charge in [0.05, 0.1) is 11.8 Å². The second-order valence-electron chi connectivity index (χ2n) is 5.77. The molecule has 0 spiro atoms. The van der Waals surface area contributed by atoms with Gasteiger partial charge in [-0.1, -0.05) is 17.8 Å². The Balaban J connectivity index is 1.50. The lowest BCUT2D eigenvalue weighted by molar-refractivity contribution is -0.120. The van der Waals surface area contributed by atoms with E-state index in [9.17, 15) is 4.79 Å². The first-order valence-corrected chi connectivity index (χ1v) is 10.5. The standard InChI is InChI=1S/C17H17N3OS3/c1-10(15(21)18-8-11-4-3-7-22-11)23-16-14-12-5-2-6-13(12)24-17(14)20-9-19-16/h3-4,7,9-10H,2,5-6,8H2,1H3,(H,18,21)/t10-/m1/s1. The molecule has 0 bridgehead atoms. The average Bonchev–Trinajstić information content (AvgIpc) is 3.29. The summed E-state index contributed by atoms with van der Waals surface area (Å²) in [6, 6.07) is 4.03. The zero-order valence-electron chi connectivity index (χ0n) is 13.2. The Bertz CT molecular complexity index is 873. The summed E-state index contributed by atoms with van der Waals surface area (Å²) in [5.74, 6) is 0.0482. The van der Waals surface area contributed by atoms with Gasteiger partial charge in [-0.3, -0.25) is 4.79 Å². The van der Waals surface area contributed by atoms with Crippen LogP contribution in [0.4, 0.5) is 0 Å². The number of hydrogen-bond acceptors (Lipinski definition) is 6. The lowest BCUT2D eigenvalue weighted by atomic mass is 10.2. The molecule has 3 aromatic heterocycles. The van der Waals surface area contributed by atoms with Crippen molar-refractivity contribution in [2.24, 2.45) is 0 Å². The summed E-state index contributed by atoms with van der Waals surface area (Å²) in [6.07, 6.45) is 5.09. The fourth-order valence-electron chi connectivity index (χ4n) is 2.94. The number of carbonyl (C=O) groups excluding carboxylic acids is 1. The van der Waals surface area contributed by atoms with Crippen LogP contribution in [0.15, 0.2) is 28.9 Å². The fraction of sp³-hybridized carbons (Fsp3) is 0.353. The predicted molar refractivity (Wildman–Crippen MR) is 101 cm³/mol. The van der Waals surface area contributed by atoms with Crippen LogP contribution in [0.3, 0.4) is 0 Å². The molecule has 1 atom stereocenters. The average molecular weight is 376 g/mol. The molecule has 4 nitrogen and oxygen atoms in total. The van der Waals surface area contributed by atoms with Gasteiger partial charge in [0.2, 0.25) is 5.91 Å². The number of aromatic nitrogens is 2. The Labute approximate surface area is 152 Å². The van der Waals surface area contributed by atoms with Crippen molar-refractivity contribution in [3.05, 3.63) is 39.2 Å². The Morgan fingerprint density at radius 2 is 2.33 bits per heavy atom. The third-order valence-electron chi connectivity index (χ3n) is 4.14. The highest BCUT2D eigenvalue weighted by Crippen LogP contribution is 2.40. The van der Waals surface area contributed by atoms with Crippen LogP contribution in [0.2, 0.25) is 0 Å². The van der Waals surface area contributed by atoms with Crippen LogP contribution in [0.5, 0.6) is 0 Å². The number of aryl methyl sites for hydroxylation is 2. The molecule has 124 valence electrons. The van der Waals surface area contributed by atoms with E-state index in [2.05, 4.69) is 15.3 Å². The molecule has 3 heterocycles. The maximum atomic E-state index is 12.4. The Hall–Kier alpha value is -1.44. The fourth-order valence-corrected chi connectivity index (χ4v) is 5.85. The minimum Gasteiger partial charge on any atom is -0.350 e. The van der Waals surface area contributed by atoms with Crippen molar-refractivity contribution in [1.82, 2.24) is 15.3 Å². The lowest BCUT2D eigenvalue weighted by Crippen LogP contribution is -2.30. The highest BCUT2D eigenvalue weighted by Gasteiger charge is 2.23. The first kappa shape index (κ1) is 16.1. The smallest absolute Gasteiger partial charge is 0.233 e. The highest BCUT2D eigenvalue weighted by molar-refractivity contribution is 8.00. The quantitative estimate of drug-likeness (QED) is 0.540. The van der Waals surface area contributed by atoms with Gasteiger partial charge in [0.15, 0.2) is 0 Å². The summed E-state index contributed by atoms with van der Waals surface area (Å²) in [4.78, 5) is 24.9. The Kier molecular flexibility index (Phi) is 4.56. The summed E-state index contributed by atoms with van der Waals surface area (Å²) in [7, 11) is 0. The Morgan fingerprint density at radius 3 is 3.17 bits per heavy atom. The van der Waals surface area contributed by atoms with Crippen molar-refractivity contribution in [2.45, 2.75) is 43.0 Å². The monoisotopic (exact) mass is 375 g/mol. The predicted octanol–water partition coefficient (Wildman–Crippen LogP) is 4.04. The molecule has 0 aromatic carbocycles. The van der Waals surface area contributed by atoms with Gasteiger partial charge >= 0.3 is 0 Å². The largest absolute Gasteiger partial charge is 0.350 e. The van der Waals surface area contributed by atoms with E-state index in [1.807, 2.05) is 24.4 Å². The van der Waals surface area contributed by atoms with E-state index in [-0.39, 0.29) is 11.2 Å². The van der Waals surface area contributed by atoms with Gasteiger partial charge < -0.3 is 5.32 Å². The second kappa shape index (κ2) is 6.82. The topological polar surface area (TPSA) is 54.9 Å². The van der Waals surface area contributed by atoms with Crippen molar-refractivity contribution in [1.29, 1.82) is 0 Å². The van der Waals surface area contributed by atoms with E-state index in [1.54, 1.807) is 29.0 Å². The van der Waals surface area contributed by atoms with Gasteiger partial charge in [-0.05, 0) is 43.2 Å². The number of thiophene rings is 2. The molecule has 3 aromatic rings. The van der Waals surface area contributed by atoms with Gasteiger partial charge in [-0.2, -0.15) is 0 Å². The summed E-state index contributed by atoms with van der Waals surface area (Å²) in [5.41, 5.74) is 1.41. The molecule has 0 fully saturated rings. The van der Waals surface area contributed by atoms with Crippen molar-refractivity contribution < 1.29 is 4.79 Å². The van der Waals surface area contributed by atoms with Gasteiger partial charge in [0.1, 0.15) is 16.2 Å². The third-order valence-corrected chi connectivity index (χ3v) is 7.32. The number of carbonyl (C=O) groups is 1. The van der Waals surface area contributed by atoms with Crippen molar-refractivity contribution in [3.8, 4) is 0 Å². The normalized spacial score (nSPS) is 14.7. The molecule has 1 aliphatic carbocycles. The highest BCUT2D eigenvalue weighted by atomic mass is 32.2. The molecule has 1 aliphatic rings. The van der Waals surface area contributed by atoms with E-state index in [0.717, 1.165) is 22.7 Å². The van der Waals surface area contributed by atoms with Gasteiger partial charge in [-0.15, -0.1) is 22.7 Å². The lowest BCUT2D eigenvalue weighted by Gasteiger charge is -2.12. The molecule has 0 saturated heterocycles. The maximum Gasteiger partial charge on any atom is 0.233 e. The molecule has 0 saturated carbocycles. The Morgan fingerprint density at radius 1 is 1.42 bits per heavy atom. The zero-order valence-corrected chi connectivity index (χ0v) is 15.7. The van der Waals surface area contributed by atoms with Crippen molar-refractivity contribution in [3.63, 3.8) is 0 Å². The minimum absolute atomic E-state index is 0.0482. The van der Waals surface area contributed by atoms with E-state index in [1.165, 1.54) is 38.9 Å². The number of nitrogens with zero attached hydrogens (tertiary/aromatic N) is 2. The van der Waals surface area contributed by atoms with Crippen molar-refractivity contribution in [2.75, 3.05) is 0 Å². The van der Waals surface area contributed by atoms with E-state index in [0.29, 0.717) is 6.54 Å². The van der Waals surface area contributed by atoms with E-state index < -0.39 is 0 Å². The van der Waals surface area contributed by atoms with Crippen LogP contribution in [0, 0.1) is 0 Å².